The molecule has 0 aromatic rings. The SMILES string of the molecule is CC(C)CC(C)(CN)NC(=O)CN1C(=O)NC2(CCCC2)C1=O.Cl. The smallest absolute Gasteiger partial charge is 0.325 e. The molecule has 1 atom stereocenters. The van der Waals surface area contributed by atoms with Crippen LogP contribution in [-0.4, -0.2) is 46.9 Å². The van der Waals surface area contributed by atoms with Crippen molar-refractivity contribution in [1.29, 1.82) is 0 Å². The van der Waals surface area contributed by atoms with Gasteiger partial charge < -0.3 is 16.4 Å². The van der Waals surface area contributed by atoms with E-state index in [9.17, 15) is 14.4 Å². The number of nitrogens with zero attached hydrogens (tertiary/aromatic N) is 1. The quantitative estimate of drug-likeness (QED) is 0.618. The summed E-state index contributed by atoms with van der Waals surface area (Å²) in [5.74, 6) is -0.243. The lowest BCUT2D eigenvalue weighted by atomic mass is 9.90. The Bertz CT molecular complexity index is 506. The molecule has 2 fully saturated rings. The number of hydrogen-bond acceptors (Lipinski definition) is 4. The van der Waals surface area contributed by atoms with Crippen molar-refractivity contribution < 1.29 is 14.4 Å². The minimum atomic E-state index is -0.771. The summed E-state index contributed by atoms with van der Waals surface area (Å²) < 4.78 is 0. The average Bonchev–Trinajstić information content (AvgIpc) is 3.00. The van der Waals surface area contributed by atoms with Gasteiger partial charge in [-0.05, 0) is 32.1 Å². The summed E-state index contributed by atoms with van der Waals surface area (Å²) in [4.78, 5) is 38.0. The molecule has 0 aromatic heterocycles. The van der Waals surface area contributed by atoms with Gasteiger partial charge in [0.15, 0.2) is 0 Å². The predicted octanol–water partition coefficient (Wildman–Crippen LogP) is 1.15. The number of amides is 4. The van der Waals surface area contributed by atoms with Crippen LogP contribution in [0.15, 0.2) is 0 Å². The molecule has 2 rings (SSSR count). The molecule has 4 amide bonds. The van der Waals surface area contributed by atoms with Gasteiger partial charge in [0.1, 0.15) is 12.1 Å². The molecule has 7 nitrogen and oxygen atoms in total. The van der Waals surface area contributed by atoms with E-state index in [1.807, 2.05) is 6.92 Å². The zero-order valence-electron chi connectivity index (χ0n) is 14.7. The van der Waals surface area contributed by atoms with Crippen molar-refractivity contribution >= 4 is 30.3 Å². The standard InChI is InChI=1S/C16H28N4O3.ClH/c1-11(2)8-15(3,10-17)18-12(21)9-20-13(22)16(19-14(20)23)6-4-5-7-16;/h11H,4-10,17H2,1-3H3,(H,18,21)(H,19,23);1H. The van der Waals surface area contributed by atoms with E-state index in [0.29, 0.717) is 25.3 Å². The number of urea groups is 1. The van der Waals surface area contributed by atoms with Gasteiger partial charge in [-0.2, -0.15) is 0 Å². The summed E-state index contributed by atoms with van der Waals surface area (Å²) in [5, 5.41) is 5.66. The van der Waals surface area contributed by atoms with Gasteiger partial charge in [-0.3, -0.25) is 14.5 Å². The third kappa shape index (κ3) is 4.19. The lowest BCUT2D eigenvalue weighted by molar-refractivity contribution is -0.135. The highest BCUT2D eigenvalue weighted by Crippen LogP contribution is 2.34. The molecule has 1 saturated heterocycles. The van der Waals surface area contributed by atoms with Crippen molar-refractivity contribution in [2.75, 3.05) is 13.1 Å². The van der Waals surface area contributed by atoms with Crippen LogP contribution < -0.4 is 16.4 Å². The number of carbonyl (C=O) groups is 3. The zero-order valence-corrected chi connectivity index (χ0v) is 15.5. The minimum Gasteiger partial charge on any atom is -0.348 e. The lowest BCUT2D eigenvalue weighted by Gasteiger charge is -2.31. The molecule has 0 radical (unpaired) electrons. The Morgan fingerprint density at radius 2 is 1.96 bits per heavy atom. The first-order valence-electron chi connectivity index (χ1n) is 8.36. The van der Waals surface area contributed by atoms with E-state index < -0.39 is 17.1 Å². The molecule has 4 N–H and O–H groups in total. The average molecular weight is 361 g/mol. The molecule has 1 saturated carbocycles. The van der Waals surface area contributed by atoms with Gasteiger partial charge in [0, 0.05) is 12.1 Å². The molecular formula is C16H29ClN4O3. The second-order valence-corrected chi connectivity index (χ2v) is 7.52. The van der Waals surface area contributed by atoms with Crippen molar-refractivity contribution in [3.63, 3.8) is 0 Å². The topological polar surface area (TPSA) is 105 Å². The van der Waals surface area contributed by atoms with Crippen molar-refractivity contribution in [2.45, 2.75) is 64.0 Å². The van der Waals surface area contributed by atoms with E-state index in [1.165, 1.54) is 0 Å². The Morgan fingerprint density at radius 1 is 1.38 bits per heavy atom. The van der Waals surface area contributed by atoms with E-state index in [0.717, 1.165) is 24.2 Å². The Kier molecular flexibility index (Phi) is 6.64. The molecule has 1 spiro atoms. The number of rotatable bonds is 6. The molecular weight excluding hydrogens is 332 g/mol. The maximum atomic E-state index is 12.5. The first-order valence-corrected chi connectivity index (χ1v) is 8.36. The summed E-state index contributed by atoms with van der Waals surface area (Å²) in [6.45, 7) is 6.05. The lowest BCUT2D eigenvalue weighted by Crippen LogP contribution is -2.55. The van der Waals surface area contributed by atoms with E-state index in [1.54, 1.807) is 0 Å². The normalized spacial score (nSPS) is 21.6. The van der Waals surface area contributed by atoms with Crippen LogP contribution in [0.1, 0.15) is 52.9 Å². The van der Waals surface area contributed by atoms with Crippen molar-refractivity contribution in [1.82, 2.24) is 15.5 Å². The Balaban J connectivity index is 0.00000288. The second-order valence-electron chi connectivity index (χ2n) is 7.52. The molecule has 138 valence electrons. The maximum absolute atomic E-state index is 12.5. The molecule has 24 heavy (non-hydrogen) atoms. The van der Waals surface area contributed by atoms with Gasteiger partial charge in [-0.25, -0.2) is 4.79 Å². The Morgan fingerprint density at radius 3 is 2.46 bits per heavy atom. The van der Waals surface area contributed by atoms with Crippen molar-refractivity contribution in [2.24, 2.45) is 11.7 Å². The molecule has 1 unspecified atom stereocenters. The summed E-state index contributed by atoms with van der Waals surface area (Å²) >= 11 is 0. The highest BCUT2D eigenvalue weighted by atomic mass is 35.5. The van der Waals surface area contributed by atoms with E-state index >= 15 is 0 Å². The summed E-state index contributed by atoms with van der Waals surface area (Å²) in [6.07, 6.45) is 3.89. The third-order valence-electron chi connectivity index (χ3n) is 4.76. The van der Waals surface area contributed by atoms with Gasteiger partial charge in [0.05, 0.1) is 0 Å². The fraction of sp³-hybridized carbons (Fsp3) is 0.812. The predicted molar refractivity (Wildman–Crippen MR) is 93.7 cm³/mol. The summed E-state index contributed by atoms with van der Waals surface area (Å²) in [5.41, 5.74) is 4.48. The van der Waals surface area contributed by atoms with Gasteiger partial charge >= 0.3 is 6.03 Å². The van der Waals surface area contributed by atoms with Crippen LogP contribution in [0.25, 0.3) is 0 Å². The van der Waals surface area contributed by atoms with Gasteiger partial charge in [0.2, 0.25) is 5.91 Å². The third-order valence-corrected chi connectivity index (χ3v) is 4.76. The van der Waals surface area contributed by atoms with E-state index in [-0.39, 0.29) is 30.8 Å². The van der Waals surface area contributed by atoms with E-state index in [4.69, 9.17) is 5.73 Å². The molecule has 1 aliphatic carbocycles. The first-order chi connectivity index (χ1) is 10.7. The van der Waals surface area contributed by atoms with Crippen molar-refractivity contribution in [3.05, 3.63) is 0 Å². The molecule has 1 heterocycles. The maximum Gasteiger partial charge on any atom is 0.325 e. The van der Waals surface area contributed by atoms with Gasteiger partial charge in [0.25, 0.3) is 5.91 Å². The number of halogens is 1. The zero-order chi connectivity index (χ0) is 17.3. The summed E-state index contributed by atoms with van der Waals surface area (Å²) in [6, 6.07) is -0.467. The van der Waals surface area contributed by atoms with Crippen LogP contribution >= 0.6 is 12.4 Å². The minimum absolute atomic E-state index is 0. The molecule has 2 aliphatic rings. The molecule has 8 heteroatoms. The fourth-order valence-electron chi connectivity index (χ4n) is 3.74. The number of nitrogens with two attached hydrogens (primary N) is 1. The van der Waals surface area contributed by atoms with Gasteiger partial charge in [-0.1, -0.05) is 26.7 Å². The molecule has 0 bridgehead atoms. The number of imide groups is 1. The van der Waals surface area contributed by atoms with Crippen LogP contribution in [0.4, 0.5) is 4.79 Å². The molecule has 0 aromatic carbocycles. The van der Waals surface area contributed by atoms with Gasteiger partial charge in [-0.15, -0.1) is 12.4 Å². The molecule has 1 aliphatic heterocycles. The van der Waals surface area contributed by atoms with Crippen LogP contribution in [0, 0.1) is 5.92 Å². The monoisotopic (exact) mass is 360 g/mol. The number of carbonyl (C=O) groups excluding carboxylic acids is 3. The van der Waals surface area contributed by atoms with Crippen LogP contribution in [-0.2, 0) is 9.59 Å². The highest BCUT2D eigenvalue weighted by Gasteiger charge is 2.52. The summed E-state index contributed by atoms with van der Waals surface area (Å²) in [7, 11) is 0. The van der Waals surface area contributed by atoms with Crippen LogP contribution in [0.3, 0.4) is 0 Å². The Labute approximate surface area is 149 Å². The number of hydrogen-bond donors (Lipinski definition) is 3. The Hall–Kier alpha value is -1.34. The van der Waals surface area contributed by atoms with Crippen LogP contribution in [0.5, 0.6) is 0 Å². The fourth-order valence-corrected chi connectivity index (χ4v) is 3.74. The second kappa shape index (κ2) is 7.70. The van der Waals surface area contributed by atoms with E-state index in [2.05, 4.69) is 24.5 Å². The largest absolute Gasteiger partial charge is 0.348 e. The van der Waals surface area contributed by atoms with Crippen LogP contribution in [0.2, 0.25) is 0 Å². The van der Waals surface area contributed by atoms with Crippen molar-refractivity contribution in [3.8, 4) is 0 Å². The first kappa shape index (κ1) is 20.7. The highest BCUT2D eigenvalue weighted by molar-refractivity contribution is 6.09. The number of nitrogens with one attached hydrogen (secondary N) is 2.